The van der Waals surface area contributed by atoms with Crippen LogP contribution in [0.2, 0.25) is 0 Å². The summed E-state index contributed by atoms with van der Waals surface area (Å²) in [5.41, 5.74) is 2.55. The SMILES string of the molecule is CCCCN1C(=O)C(=O)N(CC(=O)Nc2c(C)cccc2CC)C1=O. The molecule has 1 aromatic carbocycles. The molecular formula is C18H23N3O4. The van der Waals surface area contributed by atoms with Crippen LogP contribution in [0.15, 0.2) is 18.2 Å². The molecular weight excluding hydrogens is 322 g/mol. The highest BCUT2D eigenvalue weighted by Crippen LogP contribution is 2.21. The number of carbonyl (C=O) groups is 4. The van der Waals surface area contributed by atoms with Gasteiger partial charge in [0.15, 0.2) is 0 Å². The highest BCUT2D eigenvalue weighted by Gasteiger charge is 2.44. The molecule has 1 saturated heterocycles. The van der Waals surface area contributed by atoms with Crippen LogP contribution in [-0.2, 0) is 20.8 Å². The van der Waals surface area contributed by atoms with Gasteiger partial charge in [0.05, 0.1) is 0 Å². The molecule has 1 aromatic rings. The molecule has 0 aliphatic carbocycles. The maximum Gasteiger partial charge on any atom is 0.334 e. The lowest BCUT2D eigenvalue weighted by Crippen LogP contribution is -2.39. The van der Waals surface area contributed by atoms with Gasteiger partial charge in [-0.15, -0.1) is 0 Å². The minimum Gasteiger partial charge on any atom is -0.324 e. The van der Waals surface area contributed by atoms with Crippen LogP contribution in [0.1, 0.15) is 37.8 Å². The molecule has 0 spiro atoms. The van der Waals surface area contributed by atoms with Crippen molar-refractivity contribution in [1.29, 1.82) is 0 Å². The molecule has 1 fully saturated rings. The van der Waals surface area contributed by atoms with E-state index in [9.17, 15) is 19.2 Å². The zero-order valence-corrected chi connectivity index (χ0v) is 14.8. The first-order valence-electron chi connectivity index (χ1n) is 8.46. The fraction of sp³-hybridized carbons (Fsp3) is 0.444. The summed E-state index contributed by atoms with van der Waals surface area (Å²) < 4.78 is 0. The van der Waals surface area contributed by atoms with Crippen LogP contribution in [0.3, 0.4) is 0 Å². The van der Waals surface area contributed by atoms with Crippen molar-refractivity contribution in [2.24, 2.45) is 0 Å². The molecule has 0 radical (unpaired) electrons. The van der Waals surface area contributed by atoms with Gasteiger partial charge >= 0.3 is 17.8 Å². The Kier molecular flexibility index (Phi) is 5.90. The molecule has 1 N–H and O–H groups in total. The summed E-state index contributed by atoms with van der Waals surface area (Å²) in [5, 5.41) is 2.76. The van der Waals surface area contributed by atoms with Gasteiger partial charge in [-0.3, -0.25) is 19.3 Å². The molecule has 25 heavy (non-hydrogen) atoms. The molecule has 7 nitrogen and oxygen atoms in total. The van der Waals surface area contributed by atoms with E-state index >= 15 is 0 Å². The van der Waals surface area contributed by atoms with Crippen molar-refractivity contribution in [3.63, 3.8) is 0 Å². The fourth-order valence-electron chi connectivity index (χ4n) is 2.73. The number of anilines is 1. The van der Waals surface area contributed by atoms with Crippen LogP contribution in [0.5, 0.6) is 0 Å². The Morgan fingerprint density at radius 2 is 1.76 bits per heavy atom. The number of nitrogens with zero attached hydrogens (tertiary/aromatic N) is 2. The smallest absolute Gasteiger partial charge is 0.324 e. The van der Waals surface area contributed by atoms with Gasteiger partial charge in [0.2, 0.25) is 5.91 Å². The minimum absolute atomic E-state index is 0.190. The Labute approximate surface area is 147 Å². The summed E-state index contributed by atoms with van der Waals surface area (Å²) in [6.45, 7) is 5.49. The van der Waals surface area contributed by atoms with Crippen molar-refractivity contribution in [3.05, 3.63) is 29.3 Å². The lowest BCUT2D eigenvalue weighted by Gasteiger charge is -2.17. The number of para-hydroxylation sites is 1. The first-order chi connectivity index (χ1) is 11.9. The van der Waals surface area contributed by atoms with Gasteiger partial charge in [0, 0.05) is 12.2 Å². The summed E-state index contributed by atoms with van der Waals surface area (Å²) in [4.78, 5) is 50.1. The van der Waals surface area contributed by atoms with E-state index in [1.54, 1.807) is 0 Å². The summed E-state index contributed by atoms with van der Waals surface area (Å²) >= 11 is 0. The number of urea groups is 1. The van der Waals surface area contributed by atoms with Gasteiger partial charge in [-0.25, -0.2) is 9.69 Å². The zero-order chi connectivity index (χ0) is 18.6. The quantitative estimate of drug-likeness (QED) is 0.605. The average Bonchev–Trinajstić information content (AvgIpc) is 2.78. The second-order valence-electron chi connectivity index (χ2n) is 5.99. The van der Waals surface area contributed by atoms with E-state index in [-0.39, 0.29) is 6.54 Å². The summed E-state index contributed by atoms with van der Waals surface area (Å²) in [6.07, 6.45) is 2.15. The van der Waals surface area contributed by atoms with Gasteiger partial charge in [-0.2, -0.15) is 0 Å². The third kappa shape index (κ3) is 3.87. The fourth-order valence-corrected chi connectivity index (χ4v) is 2.73. The third-order valence-corrected chi connectivity index (χ3v) is 4.18. The first-order valence-corrected chi connectivity index (χ1v) is 8.46. The van der Waals surface area contributed by atoms with Crippen LogP contribution in [-0.4, -0.2) is 46.6 Å². The van der Waals surface area contributed by atoms with Crippen molar-refractivity contribution in [2.45, 2.75) is 40.0 Å². The maximum atomic E-state index is 12.3. The van der Waals surface area contributed by atoms with Crippen molar-refractivity contribution in [1.82, 2.24) is 9.80 Å². The highest BCUT2D eigenvalue weighted by atomic mass is 16.2. The van der Waals surface area contributed by atoms with Gasteiger partial charge in [-0.05, 0) is 30.9 Å². The molecule has 0 saturated carbocycles. The maximum absolute atomic E-state index is 12.3. The Morgan fingerprint density at radius 3 is 2.40 bits per heavy atom. The van der Waals surface area contributed by atoms with Crippen molar-refractivity contribution < 1.29 is 19.2 Å². The summed E-state index contributed by atoms with van der Waals surface area (Å²) in [5.74, 6) is -2.32. The summed E-state index contributed by atoms with van der Waals surface area (Å²) in [6, 6.07) is 4.96. The van der Waals surface area contributed by atoms with Gasteiger partial charge in [0.25, 0.3) is 0 Å². The van der Waals surface area contributed by atoms with E-state index in [4.69, 9.17) is 0 Å². The Balaban J connectivity index is 2.09. The highest BCUT2D eigenvalue weighted by molar-refractivity contribution is 6.45. The lowest BCUT2D eigenvalue weighted by molar-refractivity contribution is -0.143. The van der Waals surface area contributed by atoms with E-state index in [0.717, 1.165) is 28.9 Å². The molecule has 0 unspecified atom stereocenters. The molecule has 1 heterocycles. The molecule has 1 aliphatic heterocycles. The van der Waals surface area contributed by atoms with Crippen LogP contribution in [0.25, 0.3) is 0 Å². The minimum atomic E-state index is -0.947. The van der Waals surface area contributed by atoms with Crippen molar-refractivity contribution in [2.75, 3.05) is 18.4 Å². The molecule has 0 aromatic heterocycles. The van der Waals surface area contributed by atoms with E-state index in [2.05, 4.69) is 5.32 Å². The monoisotopic (exact) mass is 345 g/mol. The second-order valence-corrected chi connectivity index (χ2v) is 5.99. The van der Waals surface area contributed by atoms with Gasteiger partial charge in [-0.1, -0.05) is 38.5 Å². The predicted molar refractivity (Wildman–Crippen MR) is 92.9 cm³/mol. The van der Waals surface area contributed by atoms with E-state index in [1.165, 1.54) is 0 Å². The molecule has 0 atom stereocenters. The number of unbranched alkanes of at least 4 members (excludes halogenated alkanes) is 1. The van der Waals surface area contributed by atoms with Crippen molar-refractivity contribution in [3.8, 4) is 0 Å². The number of benzene rings is 1. The number of carbonyl (C=O) groups excluding carboxylic acids is 4. The predicted octanol–water partition coefficient (Wildman–Crippen LogP) is 2.09. The molecule has 7 heteroatoms. The Hall–Kier alpha value is -2.70. The van der Waals surface area contributed by atoms with Gasteiger partial charge < -0.3 is 5.32 Å². The van der Waals surface area contributed by atoms with E-state index in [0.29, 0.717) is 17.0 Å². The number of hydrogen-bond donors (Lipinski definition) is 1. The number of nitrogens with one attached hydrogen (secondary N) is 1. The number of aryl methyl sites for hydroxylation is 2. The molecule has 5 amide bonds. The standard InChI is InChI=1S/C18H23N3O4/c1-4-6-10-20-16(23)17(24)21(18(20)25)11-14(22)19-15-12(3)8-7-9-13(15)5-2/h7-9H,4-6,10-11H2,1-3H3,(H,19,22). The number of hydrogen-bond acceptors (Lipinski definition) is 4. The molecule has 2 rings (SSSR count). The normalized spacial score (nSPS) is 14.4. The van der Waals surface area contributed by atoms with Crippen molar-refractivity contribution >= 4 is 29.4 Å². The average molecular weight is 345 g/mol. The Morgan fingerprint density at radius 1 is 1.08 bits per heavy atom. The van der Waals surface area contributed by atoms with Crippen LogP contribution < -0.4 is 5.32 Å². The molecule has 1 aliphatic rings. The number of imide groups is 2. The van der Waals surface area contributed by atoms with Crippen LogP contribution in [0, 0.1) is 6.92 Å². The lowest BCUT2D eigenvalue weighted by atomic mass is 10.1. The van der Waals surface area contributed by atoms with Gasteiger partial charge in [0.1, 0.15) is 6.54 Å². The number of amides is 5. The summed E-state index contributed by atoms with van der Waals surface area (Å²) in [7, 11) is 0. The largest absolute Gasteiger partial charge is 0.334 e. The zero-order valence-electron chi connectivity index (χ0n) is 14.8. The topological polar surface area (TPSA) is 86.8 Å². The first kappa shape index (κ1) is 18.6. The van der Waals surface area contributed by atoms with Crippen LogP contribution >= 0.6 is 0 Å². The van der Waals surface area contributed by atoms with Crippen LogP contribution in [0.4, 0.5) is 10.5 Å². The molecule has 0 bridgehead atoms. The van der Waals surface area contributed by atoms with E-state index in [1.807, 2.05) is 39.0 Å². The molecule has 134 valence electrons. The van der Waals surface area contributed by atoms with E-state index < -0.39 is 30.3 Å². The number of rotatable bonds is 7. The third-order valence-electron chi connectivity index (χ3n) is 4.18. The Bertz CT molecular complexity index is 714. The second kappa shape index (κ2) is 7.92.